The third-order valence-corrected chi connectivity index (χ3v) is 3.38. The fourth-order valence-electron chi connectivity index (χ4n) is 2.28. The van der Waals surface area contributed by atoms with Gasteiger partial charge in [0.25, 0.3) is 0 Å². The summed E-state index contributed by atoms with van der Waals surface area (Å²) in [6.45, 7) is 11.9. The number of hydrogen-bond acceptors (Lipinski definition) is 4. The predicted octanol–water partition coefficient (Wildman–Crippen LogP) is 2.35. The van der Waals surface area contributed by atoms with Crippen LogP contribution in [0.1, 0.15) is 52.3 Å². The highest BCUT2D eigenvalue weighted by molar-refractivity contribution is 5.68. The van der Waals surface area contributed by atoms with Crippen LogP contribution in [0, 0.1) is 0 Å². The van der Waals surface area contributed by atoms with E-state index in [4.69, 9.17) is 4.74 Å². The fraction of sp³-hybridized carbons (Fsp3) is 0.733. The molecule has 6 heteroatoms. The average molecular weight is 294 g/mol. The minimum absolute atomic E-state index is 0.110. The van der Waals surface area contributed by atoms with Crippen LogP contribution in [0.3, 0.4) is 0 Å². The van der Waals surface area contributed by atoms with Gasteiger partial charge in [-0.25, -0.2) is 4.79 Å². The van der Waals surface area contributed by atoms with E-state index in [1.54, 1.807) is 4.90 Å². The molecular weight excluding hydrogens is 268 g/mol. The lowest BCUT2D eigenvalue weighted by molar-refractivity contribution is 0.0195. The quantitative estimate of drug-likeness (QED) is 0.909. The monoisotopic (exact) mass is 294 g/mol. The van der Waals surface area contributed by atoms with E-state index < -0.39 is 5.60 Å². The van der Waals surface area contributed by atoms with Gasteiger partial charge in [0.1, 0.15) is 5.60 Å². The normalized spacial score (nSPS) is 19.9. The summed E-state index contributed by atoms with van der Waals surface area (Å²) in [6.07, 6.45) is 3.67. The summed E-state index contributed by atoms with van der Waals surface area (Å²) in [7, 11) is 0. The molecule has 0 saturated carbocycles. The smallest absolute Gasteiger partial charge is 0.410 e. The van der Waals surface area contributed by atoms with Crippen LogP contribution in [0.4, 0.5) is 4.79 Å². The average Bonchev–Trinajstić information content (AvgIpc) is 2.86. The number of rotatable bonds is 2. The predicted molar refractivity (Wildman–Crippen MR) is 81.2 cm³/mol. The van der Waals surface area contributed by atoms with Crippen LogP contribution in [-0.4, -0.2) is 46.0 Å². The topological polar surface area (TPSA) is 59.4 Å². The van der Waals surface area contributed by atoms with Crippen molar-refractivity contribution >= 4 is 6.09 Å². The molecule has 1 unspecified atom stereocenters. The maximum atomic E-state index is 12.2. The Morgan fingerprint density at radius 3 is 2.76 bits per heavy atom. The van der Waals surface area contributed by atoms with Crippen molar-refractivity contribution in [1.29, 1.82) is 0 Å². The summed E-state index contributed by atoms with van der Waals surface area (Å²) < 4.78 is 7.38. The second-order valence-electron chi connectivity index (χ2n) is 6.78. The van der Waals surface area contributed by atoms with Gasteiger partial charge >= 0.3 is 6.09 Å². The molecule has 0 spiro atoms. The summed E-state index contributed by atoms with van der Waals surface area (Å²) >= 11 is 0. The molecular formula is C15H26N4O2. The Balaban J connectivity index is 2.01. The lowest BCUT2D eigenvalue weighted by atomic mass is 10.1. The first-order chi connectivity index (χ1) is 9.76. The molecule has 0 bridgehead atoms. The Labute approximate surface area is 126 Å². The van der Waals surface area contributed by atoms with Crippen molar-refractivity contribution in [3.8, 4) is 0 Å². The zero-order valence-electron chi connectivity index (χ0n) is 13.6. The molecule has 1 N–H and O–H groups in total. The van der Waals surface area contributed by atoms with Crippen LogP contribution < -0.4 is 5.32 Å². The Morgan fingerprint density at radius 1 is 1.48 bits per heavy atom. The summed E-state index contributed by atoms with van der Waals surface area (Å²) in [5.41, 5.74) is 0.650. The Hall–Kier alpha value is -1.56. The molecule has 1 fully saturated rings. The van der Waals surface area contributed by atoms with Gasteiger partial charge in [-0.2, -0.15) is 5.10 Å². The van der Waals surface area contributed by atoms with Gasteiger partial charge in [0.2, 0.25) is 0 Å². The van der Waals surface area contributed by atoms with Crippen LogP contribution in [0.25, 0.3) is 0 Å². The molecule has 2 heterocycles. The third-order valence-electron chi connectivity index (χ3n) is 3.38. The number of piperazine rings is 1. The third kappa shape index (κ3) is 4.20. The zero-order valence-corrected chi connectivity index (χ0v) is 13.6. The molecule has 1 atom stereocenters. The van der Waals surface area contributed by atoms with Crippen molar-refractivity contribution in [3.63, 3.8) is 0 Å². The molecule has 1 aliphatic heterocycles. The first kappa shape index (κ1) is 15.8. The number of nitrogens with zero attached hydrogens (tertiary/aromatic N) is 3. The highest BCUT2D eigenvalue weighted by Crippen LogP contribution is 2.20. The largest absolute Gasteiger partial charge is 0.444 e. The van der Waals surface area contributed by atoms with Crippen molar-refractivity contribution in [2.45, 2.75) is 52.3 Å². The van der Waals surface area contributed by atoms with Gasteiger partial charge in [0.05, 0.1) is 12.2 Å². The summed E-state index contributed by atoms with van der Waals surface area (Å²) in [5, 5.41) is 7.79. The first-order valence-electron chi connectivity index (χ1n) is 7.51. The van der Waals surface area contributed by atoms with E-state index >= 15 is 0 Å². The van der Waals surface area contributed by atoms with Crippen LogP contribution in [0.15, 0.2) is 12.4 Å². The number of nitrogens with one attached hydrogen (secondary N) is 1. The molecule has 1 saturated heterocycles. The van der Waals surface area contributed by atoms with E-state index in [2.05, 4.69) is 24.3 Å². The first-order valence-corrected chi connectivity index (χ1v) is 7.51. The van der Waals surface area contributed by atoms with E-state index in [1.165, 1.54) is 0 Å². The van der Waals surface area contributed by atoms with Crippen molar-refractivity contribution in [2.75, 3.05) is 19.6 Å². The number of carbonyl (C=O) groups excluding carboxylic acids is 1. The van der Waals surface area contributed by atoms with E-state index in [1.807, 2.05) is 37.8 Å². The van der Waals surface area contributed by atoms with Gasteiger partial charge in [0.15, 0.2) is 0 Å². The van der Waals surface area contributed by atoms with Gasteiger partial charge in [0, 0.05) is 37.4 Å². The molecule has 1 aromatic rings. The second kappa shape index (κ2) is 6.05. The van der Waals surface area contributed by atoms with E-state index in [0.717, 1.165) is 12.1 Å². The summed E-state index contributed by atoms with van der Waals surface area (Å²) in [6, 6.07) is 0.447. The van der Waals surface area contributed by atoms with Crippen LogP contribution in [-0.2, 0) is 4.74 Å². The lowest BCUT2D eigenvalue weighted by Gasteiger charge is -2.34. The molecule has 0 radical (unpaired) electrons. The SMILES string of the molecule is CC(C)n1cc(C2CN(C(=O)OC(C)(C)C)CCN2)cn1. The van der Waals surface area contributed by atoms with E-state index in [-0.39, 0.29) is 12.1 Å². The molecule has 118 valence electrons. The van der Waals surface area contributed by atoms with Crippen molar-refractivity contribution < 1.29 is 9.53 Å². The number of carbonyl (C=O) groups is 1. The molecule has 6 nitrogen and oxygen atoms in total. The number of aromatic nitrogens is 2. The molecule has 0 aliphatic carbocycles. The molecule has 1 aliphatic rings. The standard InChI is InChI=1S/C15H26N4O2/c1-11(2)19-9-12(8-17-19)13-10-18(7-6-16-13)14(20)21-15(3,4)5/h8-9,11,13,16H,6-7,10H2,1-5H3. The van der Waals surface area contributed by atoms with Crippen LogP contribution in [0.5, 0.6) is 0 Å². The maximum Gasteiger partial charge on any atom is 0.410 e. The van der Waals surface area contributed by atoms with E-state index in [9.17, 15) is 4.79 Å². The summed E-state index contributed by atoms with van der Waals surface area (Å²) in [4.78, 5) is 13.9. The summed E-state index contributed by atoms with van der Waals surface area (Å²) in [5.74, 6) is 0. The fourth-order valence-corrected chi connectivity index (χ4v) is 2.28. The highest BCUT2D eigenvalue weighted by atomic mass is 16.6. The van der Waals surface area contributed by atoms with Crippen molar-refractivity contribution in [2.24, 2.45) is 0 Å². The molecule has 2 rings (SSSR count). The molecule has 21 heavy (non-hydrogen) atoms. The van der Waals surface area contributed by atoms with Gasteiger partial charge in [-0.3, -0.25) is 4.68 Å². The maximum absolute atomic E-state index is 12.2. The zero-order chi connectivity index (χ0) is 15.6. The molecule has 1 amide bonds. The van der Waals surface area contributed by atoms with Crippen molar-refractivity contribution in [1.82, 2.24) is 20.0 Å². The van der Waals surface area contributed by atoms with E-state index in [0.29, 0.717) is 19.1 Å². The number of hydrogen-bond donors (Lipinski definition) is 1. The molecule has 1 aromatic heterocycles. The van der Waals surface area contributed by atoms with Gasteiger partial charge in [-0.15, -0.1) is 0 Å². The van der Waals surface area contributed by atoms with Crippen molar-refractivity contribution in [3.05, 3.63) is 18.0 Å². The number of ether oxygens (including phenoxy) is 1. The molecule has 0 aromatic carbocycles. The van der Waals surface area contributed by atoms with Crippen LogP contribution >= 0.6 is 0 Å². The Kier molecular flexibility index (Phi) is 4.56. The Morgan fingerprint density at radius 2 is 2.19 bits per heavy atom. The second-order valence-corrected chi connectivity index (χ2v) is 6.78. The van der Waals surface area contributed by atoms with Gasteiger partial charge in [-0.1, -0.05) is 0 Å². The minimum atomic E-state index is -0.458. The highest BCUT2D eigenvalue weighted by Gasteiger charge is 2.28. The van der Waals surface area contributed by atoms with Gasteiger partial charge < -0.3 is 15.0 Å². The minimum Gasteiger partial charge on any atom is -0.444 e. The number of amides is 1. The van der Waals surface area contributed by atoms with Gasteiger partial charge in [-0.05, 0) is 34.6 Å². The lowest BCUT2D eigenvalue weighted by Crippen LogP contribution is -2.49. The van der Waals surface area contributed by atoms with Crippen LogP contribution in [0.2, 0.25) is 0 Å². The Bertz CT molecular complexity index is 490.